The summed E-state index contributed by atoms with van der Waals surface area (Å²) in [6.45, 7) is 1.53. The van der Waals surface area contributed by atoms with Crippen LogP contribution in [0.4, 0.5) is 0 Å². The van der Waals surface area contributed by atoms with E-state index in [1.807, 2.05) is 11.4 Å². The Bertz CT molecular complexity index is 542. The van der Waals surface area contributed by atoms with Crippen molar-refractivity contribution in [3.8, 4) is 0 Å². The van der Waals surface area contributed by atoms with E-state index in [2.05, 4.69) is 4.98 Å². The monoisotopic (exact) mass is 222 g/mol. The number of nitrogens with zero attached hydrogens (tertiary/aromatic N) is 2. The van der Waals surface area contributed by atoms with Crippen molar-refractivity contribution in [2.24, 2.45) is 0 Å². The summed E-state index contributed by atoms with van der Waals surface area (Å²) in [6.07, 6.45) is 2.89. The van der Waals surface area contributed by atoms with E-state index in [4.69, 9.17) is 4.74 Å². The quantitative estimate of drug-likeness (QED) is 0.734. The number of hydrogen-bond donors (Lipinski definition) is 0. The van der Waals surface area contributed by atoms with Crippen molar-refractivity contribution in [2.45, 2.75) is 19.1 Å². The van der Waals surface area contributed by atoms with Crippen LogP contribution < -0.4 is 5.56 Å². The van der Waals surface area contributed by atoms with Gasteiger partial charge >= 0.3 is 0 Å². The fourth-order valence-corrected chi connectivity index (χ4v) is 2.29. The fourth-order valence-electron chi connectivity index (χ4n) is 1.57. The fraction of sp³-hybridized carbons (Fsp3) is 0.400. The van der Waals surface area contributed by atoms with Crippen LogP contribution in [0.1, 0.15) is 6.42 Å². The van der Waals surface area contributed by atoms with Crippen molar-refractivity contribution in [1.82, 2.24) is 9.55 Å². The predicted octanol–water partition coefficient (Wildman–Crippen LogP) is 1.25. The molecule has 0 radical (unpaired) electrons. The molecule has 0 aromatic carbocycles. The first kappa shape index (κ1) is 9.06. The Kier molecular flexibility index (Phi) is 2.07. The van der Waals surface area contributed by atoms with Crippen molar-refractivity contribution in [1.29, 1.82) is 0 Å². The molecule has 5 heteroatoms. The second-order valence-corrected chi connectivity index (χ2v) is 4.52. The highest BCUT2D eigenvalue weighted by atomic mass is 32.1. The van der Waals surface area contributed by atoms with Gasteiger partial charge in [-0.1, -0.05) is 0 Å². The molecule has 1 aliphatic heterocycles. The molecule has 15 heavy (non-hydrogen) atoms. The summed E-state index contributed by atoms with van der Waals surface area (Å²) in [5.74, 6) is 0. The van der Waals surface area contributed by atoms with E-state index < -0.39 is 0 Å². The predicted molar refractivity (Wildman–Crippen MR) is 58.2 cm³/mol. The molecule has 3 rings (SSSR count). The van der Waals surface area contributed by atoms with Crippen LogP contribution in [0.5, 0.6) is 0 Å². The van der Waals surface area contributed by atoms with Crippen LogP contribution in [0.15, 0.2) is 22.6 Å². The number of hydrogen-bond acceptors (Lipinski definition) is 4. The zero-order valence-electron chi connectivity index (χ0n) is 8.05. The Morgan fingerprint density at radius 1 is 1.67 bits per heavy atom. The van der Waals surface area contributed by atoms with Gasteiger partial charge in [-0.05, 0) is 17.9 Å². The molecule has 0 spiro atoms. The van der Waals surface area contributed by atoms with Crippen molar-refractivity contribution in [3.63, 3.8) is 0 Å². The van der Waals surface area contributed by atoms with E-state index in [0.29, 0.717) is 12.6 Å². The van der Waals surface area contributed by atoms with Crippen LogP contribution in [-0.4, -0.2) is 22.3 Å². The maximum atomic E-state index is 11.9. The molecule has 2 aromatic rings. The lowest BCUT2D eigenvalue weighted by Gasteiger charge is -2.02. The number of aryl methyl sites for hydroxylation is 1. The zero-order chi connectivity index (χ0) is 10.3. The maximum absolute atomic E-state index is 11.9. The van der Waals surface area contributed by atoms with Gasteiger partial charge in [-0.2, -0.15) is 0 Å². The Morgan fingerprint density at radius 2 is 2.53 bits per heavy atom. The highest BCUT2D eigenvalue weighted by Gasteiger charge is 2.22. The molecular formula is C10H10N2O2S. The van der Waals surface area contributed by atoms with Crippen LogP contribution in [0.3, 0.4) is 0 Å². The molecule has 1 atom stereocenters. The number of epoxide rings is 1. The second kappa shape index (κ2) is 3.43. The highest BCUT2D eigenvalue weighted by molar-refractivity contribution is 7.16. The lowest BCUT2D eigenvalue weighted by Crippen LogP contribution is -2.20. The molecule has 0 saturated carbocycles. The molecule has 1 saturated heterocycles. The molecule has 2 aromatic heterocycles. The number of ether oxygens (including phenoxy) is 1. The summed E-state index contributed by atoms with van der Waals surface area (Å²) in [5.41, 5.74) is 0.0573. The summed E-state index contributed by atoms with van der Waals surface area (Å²) in [7, 11) is 0. The Morgan fingerprint density at radius 3 is 3.33 bits per heavy atom. The molecule has 0 bridgehead atoms. The van der Waals surface area contributed by atoms with E-state index in [1.165, 1.54) is 11.3 Å². The molecule has 0 aliphatic carbocycles. The summed E-state index contributed by atoms with van der Waals surface area (Å²) in [5, 5.41) is 2.62. The first-order valence-electron chi connectivity index (χ1n) is 4.89. The lowest BCUT2D eigenvalue weighted by molar-refractivity contribution is 0.383. The van der Waals surface area contributed by atoms with E-state index >= 15 is 0 Å². The van der Waals surface area contributed by atoms with Gasteiger partial charge in [0.2, 0.25) is 0 Å². The normalized spacial score (nSPS) is 19.6. The highest BCUT2D eigenvalue weighted by Crippen LogP contribution is 2.15. The molecule has 4 nitrogen and oxygen atoms in total. The Balaban J connectivity index is 1.95. The van der Waals surface area contributed by atoms with E-state index in [0.717, 1.165) is 23.2 Å². The molecule has 0 N–H and O–H groups in total. The Labute approximate surface area is 90.1 Å². The van der Waals surface area contributed by atoms with Crippen molar-refractivity contribution >= 4 is 21.6 Å². The third-order valence-corrected chi connectivity index (χ3v) is 3.37. The number of rotatable bonds is 3. The molecule has 0 amide bonds. The summed E-state index contributed by atoms with van der Waals surface area (Å²) >= 11 is 1.50. The van der Waals surface area contributed by atoms with Crippen LogP contribution >= 0.6 is 11.3 Å². The van der Waals surface area contributed by atoms with Crippen LogP contribution in [0.2, 0.25) is 0 Å². The smallest absolute Gasteiger partial charge is 0.262 e. The van der Waals surface area contributed by atoms with Gasteiger partial charge in [0, 0.05) is 6.54 Å². The second-order valence-electron chi connectivity index (χ2n) is 3.63. The van der Waals surface area contributed by atoms with Crippen molar-refractivity contribution in [3.05, 3.63) is 28.1 Å². The first-order chi connectivity index (χ1) is 7.34. The third kappa shape index (κ3) is 1.68. The van der Waals surface area contributed by atoms with Crippen molar-refractivity contribution in [2.75, 3.05) is 6.61 Å². The van der Waals surface area contributed by atoms with Gasteiger partial charge in [-0.15, -0.1) is 11.3 Å². The first-order valence-corrected chi connectivity index (χ1v) is 5.77. The molecular weight excluding hydrogens is 212 g/mol. The van der Waals surface area contributed by atoms with Gasteiger partial charge in [-0.25, -0.2) is 4.98 Å². The minimum atomic E-state index is 0.0573. The number of fused-ring (bicyclic) bond motifs is 1. The molecule has 1 fully saturated rings. The van der Waals surface area contributed by atoms with Crippen LogP contribution in [0.25, 0.3) is 10.2 Å². The number of thiophene rings is 1. The van der Waals surface area contributed by atoms with Gasteiger partial charge in [0.25, 0.3) is 5.56 Å². The van der Waals surface area contributed by atoms with Gasteiger partial charge in [0.15, 0.2) is 0 Å². The van der Waals surface area contributed by atoms with Crippen LogP contribution in [-0.2, 0) is 11.3 Å². The number of aromatic nitrogens is 2. The van der Waals surface area contributed by atoms with Crippen molar-refractivity contribution < 1.29 is 4.74 Å². The summed E-state index contributed by atoms with van der Waals surface area (Å²) in [4.78, 5) is 17.0. The molecule has 78 valence electrons. The van der Waals surface area contributed by atoms with Gasteiger partial charge in [0.1, 0.15) is 4.83 Å². The van der Waals surface area contributed by atoms with E-state index in [-0.39, 0.29) is 5.56 Å². The summed E-state index contributed by atoms with van der Waals surface area (Å²) < 4.78 is 6.77. The van der Waals surface area contributed by atoms with Gasteiger partial charge in [-0.3, -0.25) is 9.36 Å². The molecule has 3 heterocycles. The lowest BCUT2D eigenvalue weighted by atomic mass is 10.3. The average Bonchev–Trinajstić information content (AvgIpc) is 2.93. The van der Waals surface area contributed by atoms with E-state index in [9.17, 15) is 4.79 Å². The summed E-state index contributed by atoms with van der Waals surface area (Å²) in [6, 6.07) is 1.83. The minimum Gasteiger partial charge on any atom is -0.373 e. The largest absolute Gasteiger partial charge is 0.373 e. The van der Waals surface area contributed by atoms with Crippen LogP contribution in [0, 0.1) is 0 Å². The third-order valence-electron chi connectivity index (χ3n) is 2.54. The van der Waals surface area contributed by atoms with Gasteiger partial charge < -0.3 is 4.74 Å². The topological polar surface area (TPSA) is 47.4 Å². The van der Waals surface area contributed by atoms with E-state index in [1.54, 1.807) is 10.9 Å². The molecule has 1 unspecified atom stereocenters. The van der Waals surface area contributed by atoms with Gasteiger partial charge in [0.05, 0.1) is 24.4 Å². The molecule has 1 aliphatic rings. The Hall–Kier alpha value is -1.20. The zero-order valence-corrected chi connectivity index (χ0v) is 8.87. The maximum Gasteiger partial charge on any atom is 0.262 e. The minimum absolute atomic E-state index is 0.0573. The standard InChI is InChI=1S/C10H10N2O2S/c13-10-8-2-4-15-9(8)11-6-12(10)3-1-7-5-14-7/h2,4,6-7H,1,3,5H2. The average molecular weight is 222 g/mol. The SMILES string of the molecule is O=c1c2ccsc2ncn1CCC1CO1.